The summed E-state index contributed by atoms with van der Waals surface area (Å²) in [5, 5.41) is 2.70. The molecule has 1 aromatic heterocycles. The Hall–Kier alpha value is -2.12. The van der Waals surface area contributed by atoms with E-state index in [0.29, 0.717) is 11.4 Å². The molecule has 1 heterocycles. The SMILES string of the molecule is Cc1cccc(NC(=O)C2=C=CC=C2)n1. The number of anilines is 1. The van der Waals surface area contributed by atoms with Gasteiger partial charge in [0.05, 0.1) is 5.57 Å². The van der Waals surface area contributed by atoms with Crippen LogP contribution in [0.4, 0.5) is 5.82 Å². The summed E-state index contributed by atoms with van der Waals surface area (Å²) in [5.74, 6) is 0.382. The molecule has 0 fully saturated rings. The molecule has 0 aromatic carbocycles. The number of nitrogens with zero attached hydrogens (tertiary/aromatic N) is 1. The van der Waals surface area contributed by atoms with Crippen LogP contribution in [0, 0.1) is 6.92 Å². The molecule has 74 valence electrons. The maximum atomic E-state index is 11.6. The minimum Gasteiger partial charge on any atom is -0.306 e. The van der Waals surface area contributed by atoms with E-state index in [2.05, 4.69) is 16.0 Å². The van der Waals surface area contributed by atoms with Crippen molar-refractivity contribution in [1.29, 1.82) is 0 Å². The predicted octanol–water partition coefficient (Wildman–Crippen LogP) is 1.98. The van der Waals surface area contributed by atoms with E-state index in [0.717, 1.165) is 5.69 Å². The van der Waals surface area contributed by atoms with Crippen LogP contribution in [-0.4, -0.2) is 10.9 Å². The molecular weight excluding hydrogens is 188 g/mol. The van der Waals surface area contributed by atoms with Crippen molar-refractivity contribution in [2.24, 2.45) is 0 Å². The highest BCUT2D eigenvalue weighted by Crippen LogP contribution is 2.08. The number of pyridine rings is 1. The van der Waals surface area contributed by atoms with Gasteiger partial charge in [-0.2, -0.15) is 0 Å². The zero-order valence-electron chi connectivity index (χ0n) is 8.32. The highest BCUT2D eigenvalue weighted by molar-refractivity contribution is 6.05. The number of nitrogens with one attached hydrogen (secondary N) is 1. The number of hydrogen-bond donors (Lipinski definition) is 1. The number of allylic oxidation sites excluding steroid dienone is 1. The van der Waals surface area contributed by atoms with Crippen molar-refractivity contribution in [3.05, 3.63) is 53.4 Å². The highest BCUT2D eigenvalue weighted by atomic mass is 16.1. The monoisotopic (exact) mass is 198 g/mol. The zero-order chi connectivity index (χ0) is 10.7. The van der Waals surface area contributed by atoms with Crippen molar-refractivity contribution in [3.8, 4) is 0 Å². The fourth-order valence-corrected chi connectivity index (χ4v) is 1.27. The lowest BCUT2D eigenvalue weighted by atomic mass is 10.3. The fraction of sp³-hybridized carbons (Fsp3) is 0.0833. The predicted molar refractivity (Wildman–Crippen MR) is 58.3 cm³/mol. The Kier molecular flexibility index (Phi) is 2.48. The summed E-state index contributed by atoms with van der Waals surface area (Å²) in [5.41, 5.74) is 4.23. The number of rotatable bonds is 2. The van der Waals surface area contributed by atoms with Crippen LogP contribution in [0.5, 0.6) is 0 Å². The quantitative estimate of drug-likeness (QED) is 0.738. The average Bonchev–Trinajstić information content (AvgIpc) is 2.70. The summed E-state index contributed by atoms with van der Waals surface area (Å²) >= 11 is 0. The van der Waals surface area contributed by atoms with Crippen LogP contribution >= 0.6 is 0 Å². The van der Waals surface area contributed by atoms with Crippen LogP contribution in [-0.2, 0) is 4.79 Å². The smallest absolute Gasteiger partial charge is 0.264 e. The topological polar surface area (TPSA) is 42.0 Å². The molecule has 0 unspecified atom stereocenters. The summed E-state index contributed by atoms with van der Waals surface area (Å²) < 4.78 is 0. The third-order valence-electron chi connectivity index (χ3n) is 1.97. The van der Waals surface area contributed by atoms with Crippen LogP contribution < -0.4 is 5.32 Å². The van der Waals surface area contributed by atoms with E-state index >= 15 is 0 Å². The van der Waals surface area contributed by atoms with E-state index in [9.17, 15) is 4.79 Å². The Labute approximate surface area is 87.8 Å². The first-order valence-corrected chi connectivity index (χ1v) is 4.64. The van der Waals surface area contributed by atoms with Crippen LogP contribution in [0.15, 0.2) is 47.7 Å². The van der Waals surface area contributed by atoms with Crippen LogP contribution in [0.1, 0.15) is 5.69 Å². The van der Waals surface area contributed by atoms with E-state index in [1.54, 1.807) is 24.3 Å². The number of aryl methyl sites for hydroxylation is 1. The second-order valence-corrected chi connectivity index (χ2v) is 3.20. The second kappa shape index (κ2) is 3.95. The van der Waals surface area contributed by atoms with Gasteiger partial charge in [-0.25, -0.2) is 4.98 Å². The minimum atomic E-state index is -0.182. The van der Waals surface area contributed by atoms with Gasteiger partial charge in [-0.1, -0.05) is 12.1 Å². The summed E-state index contributed by atoms with van der Waals surface area (Å²) in [6, 6.07) is 5.49. The number of carbonyl (C=O) groups excluding carboxylic acids is 1. The molecule has 3 nitrogen and oxygen atoms in total. The van der Waals surface area contributed by atoms with Gasteiger partial charge in [-0.15, -0.1) is 5.73 Å². The van der Waals surface area contributed by atoms with Gasteiger partial charge in [0.25, 0.3) is 5.91 Å². The summed E-state index contributed by atoms with van der Waals surface area (Å²) in [6.45, 7) is 1.88. The average molecular weight is 198 g/mol. The molecule has 0 atom stereocenters. The Bertz CT molecular complexity index is 494. The van der Waals surface area contributed by atoms with Crippen molar-refractivity contribution in [1.82, 2.24) is 4.98 Å². The van der Waals surface area contributed by atoms with Crippen molar-refractivity contribution in [2.45, 2.75) is 6.92 Å². The summed E-state index contributed by atoms with van der Waals surface area (Å²) in [6.07, 6.45) is 5.20. The molecule has 0 spiro atoms. The highest BCUT2D eigenvalue weighted by Gasteiger charge is 2.08. The zero-order valence-corrected chi connectivity index (χ0v) is 8.32. The first-order chi connectivity index (χ1) is 7.25. The molecule has 1 aliphatic rings. The number of carbonyl (C=O) groups is 1. The lowest BCUT2D eigenvalue weighted by Gasteiger charge is -2.03. The van der Waals surface area contributed by atoms with Gasteiger partial charge in [-0.05, 0) is 31.2 Å². The summed E-state index contributed by atoms with van der Waals surface area (Å²) in [7, 11) is 0. The number of aromatic nitrogens is 1. The van der Waals surface area contributed by atoms with E-state index in [1.165, 1.54) is 0 Å². The Morgan fingerprint density at radius 2 is 2.33 bits per heavy atom. The molecule has 3 heteroatoms. The molecule has 1 N–H and O–H groups in total. The van der Waals surface area contributed by atoms with Gasteiger partial charge in [0.15, 0.2) is 0 Å². The van der Waals surface area contributed by atoms with E-state index in [1.807, 2.05) is 19.1 Å². The molecule has 1 aromatic rings. The Balaban J connectivity index is 2.13. The van der Waals surface area contributed by atoms with Crippen LogP contribution in [0.2, 0.25) is 0 Å². The van der Waals surface area contributed by atoms with E-state index in [4.69, 9.17) is 0 Å². The Morgan fingerprint density at radius 3 is 3.00 bits per heavy atom. The van der Waals surface area contributed by atoms with Gasteiger partial charge in [0.1, 0.15) is 5.82 Å². The van der Waals surface area contributed by atoms with Crippen LogP contribution in [0.3, 0.4) is 0 Å². The number of hydrogen-bond acceptors (Lipinski definition) is 2. The van der Waals surface area contributed by atoms with Crippen molar-refractivity contribution >= 4 is 11.7 Å². The van der Waals surface area contributed by atoms with E-state index < -0.39 is 0 Å². The van der Waals surface area contributed by atoms with E-state index in [-0.39, 0.29) is 5.91 Å². The maximum absolute atomic E-state index is 11.6. The molecule has 0 radical (unpaired) electrons. The number of amides is 1. The van der Waals surface area contributed by atoms with Crippen molar-refractivity contribution < 1.29 is 4.79 Å². The first-order valence-electron chi connectivity index (χ1n) is 4.64. The lowest BCUT2D eigenvalue weighted by Crippen LogP contribution is -2.13. The maximum Gasteiger partial charge on any atom is 0.264 e. The molecule has 0 bridgehead atoms. The van der Waals surface area contributed by atoms with Crippen LogP contribution in [0.25, 0.3) is 0 Å². The molecule has 1 aliphatic carbocycles. The van der Waals surface area contributed by atoms with Gasteiger partial charge in [-0.3, -0.25) is 4.79 Å². The Morgan fingerprint density at radius 1 is 1.47 bits per heavy atom. The fourth-order valence-electron chi connectivity index (χ4n) is 1.27. The first kappa shape index (κ1) is 9.44. The van der Waals surface area contributed by atoms with Crippen molar-refractivity contribution in [2.75, 3.05) is 5.32 Å². The standard InChI is InChI=1S/C12H10N2O/c1-9-5-4-8-11(13-9)14-12(15)10-6-2-3-7-10/h2-6,8H,1H3,(H,13,14,15). The summed E-state index contributed by atoms with van der Waals surface area (Å²) in [4.78, 5) is 15.8. The lowest BCUT2D eigenvalue weighted by molar-refractivity contribution is -0.112. The largest absolute Gasteiger partial charge is 0.306 e. The molecule has 0 aliphatic heterocycles. The molecule has 15 heavy (non-hydrogen) atoms. The minimum absolute atomic E-state index is 0.182. The van der Waals surface area contributed by atoms with Gasteiger partial charge in [0, 0.05) is 5.69 Å². The molecule has 2 rings (SSSR count). The van der Waals surface area contributed by atoms with Gasteiger partial charge >= 0.3 is 0 Å². The third-order valence-corrected chi connectivity index (χ3v) is 1.97. The normalized spacial score (nSPS) is 12.7. The van der Waals surface area contributed by atoms with Gasteiger partial charge < -0.3 is 5.32 Å². The molecule has 1 amide bonds. The van der Waals surface area contributed by atoms with Gasteiger partial charge in [0.2, 0.25) is 0 Å². The molecule has 0 saturated heterocycles. The van der Waals surface area contributed by atoms with Crippen molar-refractivity contribution in [3.63, 3.8) is 0 Å². The second-order valence-electron chi connectivity index (χ2n) is 3.20. The molecular formula is C12H10N2O. The third kappa shape index (κ3) is 2.22. The molecule has 0 saturated carbocycles.